The van der Waals surface area contributed by atoms with Crippen LogP contribution in [0.3, 0.4) is 0 Å². The Hall–Kier alpha value is -0.310. The molecule has 0 saturated carbocycles. The van der Waals surface area contributed by atoms with Crippen molar-refractivity contribution in [2.75, 3.05) is 50.5 Å². The molecule has 1 saturated heterocycles. The Morgan fingerprint density at radius 2 is 1.95 bits per heavy atom. The lowest BCUT2D eigenvalue weighted by Gasteiger charge is -2.25. The minimum Gasteiger partial charge on any atom is -0.355 e. The molecule has 8 heteroatoms. The van der Waals surface area contributed by atoms with Crippen LogP contribution in [0.2, 0.25) is 0 Å². The van der Waals surface area contributed by atoms with Gasteiger partial charge in [-0.2, -0.15) is 11.8 Å². The summed E-state index contributed by atoms with van der Waals surface area (Å²) in [6.45, 7) is 2.16. The normalized spacial score (nSPS) is 17.3. The van der Waals surface area contributed by atoms with Gasteiger partial charge in [0.25, 0.3) is 0 Å². The molecule has 1 aliphatic rings. The van der Waals surface area contributed by atoms with Crippen molar-refractivity contribution in [3.63, 3.8) is 0 Å². The second-order valence-corrected chi connectivity index (χ2v) is 7.70. The molecule has 0 atom stereocenters. The summed E-state index contributed by atoms with van der Waals surface area (Å²) in [6.07, 6.45) is 1.19. The van der Waals surface area contributed by atoms with E-state index in [0.717, 1.165) is 24.5 Å². The average molecular weight is 309 g/mol. The fourth-order valence-corrected chi connectivity index (χ4v) is 4.28. The second-order valence-electron chi connectivity index (χ2n) is 4.38. The largest absolute Gasteiger partial charge is 0.355 e. The van der Waals surface area contributed by atoms with Crippen molar-refractivity contribution in [3.8, 4) is 0 Å². The molecule has 0 aromatic carbocycles. The minimum absolute atomic E-state index is 0.00453. The number of amides is 1. The van der Waals surface area contributed by atoms with Gasteiger partial charge in [-0.3, -0.25) is 4.79 Å². The van der Waals surface area contributed by atoms with Crippen LogP contribution >= 0.6 is 11.8 Å². The van der Waals surface area contributed by atoms with Crippen LogP contribution in [0.25, 0.3) is 0 Å². The van der Waals surface area contributed by atoms with Crippen molar-refractivity contribution in [2.45, 2.75) is 12.8 Å². The number of nitrogens with zero attached hydrogens (tertiary/aromatic N) is 1. The van der Waals surface area contributed by atoms with E-state index in [1.54, 1.807) is 11.8 Å². The van der Waals surface area contributed by atoms with Crippen LogP contribution in [-0.4, -0.2) is 69.1 Å². The molecule has 0 aliphatic carbocycles. The van der Waals surface area contributed by atoms with Crippen molar-refractivity contribution in [1.29, 1.82) is 0 Å². The molecule has 0 aromatic heterocycles. The van der Waals surface area contributed by atoms with Crippen LogP contribution < -0.4 is 10.6 Å². The minimum atomic E-state index is -3.21. The molecule has 1 aliphatic heterocycles. The van der Waals surface area contributed by atoms with Crippen LogP contribution in [0.1, 0.15) is 12.8 Å². The number of hydrogen-bond acceptors (Lipinski definition) is 5. The lowest BCUT2D eigenvalue weighted by molar-refractivity contribution is -0.121. The summed E-state index contributed by atoms with van der Waals surface area (Å²) < 4.78 is 25.5. The van der Waals surface area contributed by atoms with E-state index < -0.39 is 10.0 Å². The Bertz CT molecular complexity index is 367. The summed E-state index contributed by atoms with van der Waals surface area (Å²) in [7, 11) is -1.38. The van der Waals surface area contributed by atoms with Crippen molar-refractivity contribution in [3.05, 3.63) is 0 Å². The summed E-state index contributed by atoms with van der Waals surface area (Å²) in [5.74, 6) is 1.63. The fourth-order valence-electron chi connectivity index (χ4n) is 1.79. The van der Waals surface area contributed by atoms with Gasteiger partial charge in [0.05, 0.1) is 5.75 Å². The highest BCUT2D eigenvalue weighted by Crippen LogP contribution is 2.12. The highest BCUT2D eigenvalue weighted by molar-refractivity contribution is 7.99. The number of sulfonamides is 1. The Labute approximate surface area is 119 Å². The predicted octanol–water partition coefficient (Wildman–Crippen LogP) is -0.519. The molecule has 19 heavy (non-hydrogen) atoms. The van der Waals surface area contributed by atoms with Gasteiger partial charge in [-0.25, -0.2) is 12.7 Å². The SMILES string of the molecule is CNCCCC(=O)NCCS(=O)(=O)N1CCSCC1. The molecular formula is C11H23N3O3S2. The van der Waals surface area contributed by atoms with Gasteiger partial charge in [0.1, 0.15) is 0 Å². The molecule has 1 rings (SSSR count). The Morgan fingerprint density at radius 3 is 2.58 bits per heavy atom. The molecule has 0 spiro atoms. The third-order valence-corrected chi connectivity index (χ3v) is 5.69. The number of nitrogens with one attached hydrogen (secondary N) is 2. The third kappa shape index (κ3) is 6.60. The predicted molar refractivity (Wildman–Crippen MR) is 78.9 cm³/mol. The molecule has 0 unspecified atom stereocenters. The monoisotopic (exact) mass is 309 g/mol. The first-order valence-corrected chi connectivity index (χ1v) is 9.29. The quantitative estimate of drug-likeness (QED) is 0.590. The smallest absolute Gasteiger partial charge is 0.220 e. The van der Waals surface area contributed by atoms with Crippen molar-refractivity contribution < 1.29 is 13.2 Å². The molecule has 1 amide bonds. The lowest BCUT2D eigenvalue weighted by atomic mass is 10.3. The average Bonchev–Trinajstić information content (AvgIpc) is 2.40. The molecule has 1 heterocycles. The molecule has 0 aromatic rings. The van der Waals surface area contributed by atoms with Gasteiger partial charge >= 0.3 is 0 Å². The first-order valence-electron chi connectivity index (χ1n) is 6.53. The zero-order valence-electron chi connectivity index (χ0n) is 11.4. The van der Waals surface area contributed by atoms with Gasteiger partial charge in [-0.15, -0.1) is 0 Å². The first-order chi connectivity index (χ1) is 9.06. The maximum atomic E-state index is 12.0. The molecule has 0 bridgehead atoms. The number of rotatable bonds is 8. The highest BCUT2D eigenvalue weighted by Gasteiger charge is 2.23. The molecule has 1 fully saturated rings. The summed E-state index contributed by atoms with van der Waals surface area (Å²) in [4.78, 5) is 11.4. The van der Waals surface area contributed by atoms with Gasteiger partial charge in [0, 0.05) is 37.6 Å². The second kappa shape index (κ2) is 8.78. The van der Waals surface area contributed by atoms with Crippen molar-refractivity contribution >= 4 is 27.7 Å². The van der Waals surface area contributed by atoms with Gasteiger partial charge in [-0.05, 0) is 20.0 Å². The van der Waals surface area contributed by atoms with E-state index in [1.807, 2.05) is 7.05 Å². The van der Waals surface area contributed by atoms with Gasteiger partial charge in [0.15, 0.2) is 0 Å². The summed E-state index contributed by atoms with van der Waals surface area (Å²) in [6, 6.07) is 0. The zero-order chi connectivity index (χ0) is 14.1. The Kier molecular flexibility index (Phi) is 7.74. The maximum absolute atomic E-state index is 12.0. The third-order valence-electron chi connectivity index (χ3n) is 2.88. The topological polar surface area (TPSA) is 78.5 Å². The summed E-state index contributed by atoms with van der Waals surface area (Å²) >= 11 is 1.77. The Morgan fingerprint density at radius 1 is 1.26 bits per heavy atom. The lowest BCUT2D eigenvalue weighted by Crippen LogP contribution is -2.41. The summed E-state index contributed by atoms with van der Waals surface area (Å²) in [5, 5.41) is 5.62. The molecular weight excluding hydrogens is 286 g/mol. The van der Waals surface area contributed by atoms with E-state index >= 15 is 0 Å². The van der Waals surface area contributed by atoms with E-state index in [0.29, 0.717) is 19.5 Å². The van der Waals surface area contributed by atoms with Crippen LogP contribution in [0.5, 0.6) is 0 Å². The van der Waals surface area contributed by atoms with E-state index in [2.05, 4.69) is 10.6 Å². The summed E-state index contributed by atoms with van der Waals surface area (Å²) in [5.41, 5.74) is 0. The van der Waals surface area contributed by atoms with Crippen LogP contribution in [0.4, 0.5) is 0 Å². The van der Waals surface area contributed by atoms with E-state index in [1.165, 1.54) is 4.31 Å². The van der Waals surface area contributed by atoms with E-state index in [-0.39, 0.29) is 18.2 Å². The fraction of sp³-hybridized carbons (Fsp3) is 0.909. The first kappa shape index (κ1) is 16.7. The van der Waals surface area contributed by atoms with Crippen LogP contribution in [0.15, 0.2) is 0 Å². The number of carbonyl (C=O) groups excluding carboxylic acids is 1. The Balaban J connectivity index is 2.21. The highest BCUT2D eigenvalue weighted by atomic mass is 32.2. The van der Waals surface area contributed by atoms with E-state index in [4.69, 9.17) is 0 Å². The standard InChI is InChI=1S/C11H23N3O3S2/c1-12-4-2-3-11(15)13-5-10-19(16,17)14-6-8-18-9-7-14/h12H,2-10H2,1H3,(H,13,15). The number of thioether (sulfide) groups is 1. The molecule has 6 nitrogen and oxygen atoms in total. The van der Waals surface area contributed by atoms with Gasteiger partial charge in [-0.1, -0.05) is 0 Å². The molecule has 2 N–H and O–H groups in total. The van der Waals surface area contributed by atoms with Gasteiger partial charge < -0.3 is 10.6 Å². The van der Waals surface area contributed by atoms with E-state index in [9.17, 15) is 13.2 Å². The van der Waals surface area contributed by atoms with Gasteiger partial charge in [0.2, 0.25) is 15.9 Å². The van der Waals surface area contributed by atoms with Crippen molar-refractivity contribution in [2.24, 2.45) is 0 Å². The van der Waals surface area contributed by atoms with Crippen molar-refractivity contribution in [1.82, 2.24) is 14.9 Å². The molecule has 112 valence electrons. The number of hydrogen-bond donors (Lipinski definition) is 2. The molecule has 0 radical (unpaired) electrons. The van der Waals surface area contributed by atoms with Crippen LogP contribution in [-0.2, 0) is 14.8 Å². The zero-order valence-corrected chi connectivity index (χ0v) is 13.0. The number of carbonyl (C=O) groups is 1. The van der Waals surface area contributed by atoms with Crippen LogP contribution in [0, 0.1) is 0 Å². The maximum Gasteiger partial charge on any atom is 0.220 e.